The molecule has 1 fully saturated rings. The van der Waals surface area contributed by atoms with E-state index in [0.717, 1.165) is 16.3 Å². The molecule has 0 saturated carbocycles. The zero-order valence-corrected chi connectivity index (χ0v) is 15.0. The molecule has 4 rings (SSSR count). The Kier molecular flexibility index (Phi) is 4.28. The molecule has 8 heteroatoms. The van der Waals surface area contributed by atoms with E-state index in [1.165, 1.54) is 11.3 Å². The predicted octanol–water partition coefficient (Wildman–Crippen LogP) is 2.05. The second-order valence-corrected chi connectivity index (χ2v) is 7.56. The molecule has 7 nitrogen and oxygen atoms in total. The maximum absolute atomic E-state index is 12.6. The minimum absolute atomic E-state index is 0.0928. The van der Waals surface area contributed by atoms with Crippen LogP contribution in [0, 0.1) is 12.8 Å². The zero-order chi connectivity index (χ0) is 18.3. The van der Waals surface area contributed by atoms with Gasteiger partial charge in [-0.25, -0.2) is 4.98 Å². The number of amides is 1. The van der Waals surface area contributed by atoms with Crippen molar-refractivity contribution in [1.82, 2.24) is 9.88 Å². The van der Waals surface area contributed by atoms with E-state index in [1.54, 1.807) is 11.0 Å². The highest BCUT2D eigenvalue weighted by Gasteiger charge is 2.40. The second kappa shape index (κ2) is 6.60. The molecule has 2 aliphatic rings. The van der Waals surface area contributed by atoms with Gasteiger partial charge in [-0.2, -0.15) is 0 Å². The van der Waals surface area contributed by atoms with Crippen LogP contribution in [-0.2, 0) is 16.0 Å². The van der Waals surface area contributed by atoms with Crippen LogP contribution < -0.4 is 9.47 Å². The Morgan fingerprint density at radius 1 is 1.31 bits per heavy atom. The van der Waals surface area contributed by atoms with E-state index < -0.39 is 11.9 Å². The van der Waals surface area contributed by atoms with Crippen LogP contribution in [0.4, 0.5) is 0 Å². The van der Waals surface area contributed by atoms with Gasteiger partial charge in [0.05, 0.1) is 23.0 Å². The normalized spacial score (nSPS) is 21.2. The summed E-state index contributed by atoms with van der Waals surface area (Å²) in [5, 5.41) is 12.4. The highest BCUT2D eigenvalue weighted by atomic mass is 32.1. The molecule has 26 heavy (non-hydrogen) atoms. The van der Waals surface area contributed by atoms with Crippen LogP contribution in [0.2, 0.25) is 0 Å². The number of rotatable bonds is 4. The minimum atomic E-state index is -0.896. The average Bonchev–Trinajstić information content (AvgIpc) is 3.32. The number of carbonyl (C=O) groups is 2. The van der Waals surface area contributed by atoms with Crippen molar-refractivity contribution in [2.24, 2.45) is 5.92 Å². The SMILES string of the molecule is Cc1nc(CC(=O)N2CC(C(=O)O)C(c3ccc4c(c3)OCO4)C2)cs1. The lowest BCUT2D eigenvalue weighted by atomic mass is 9.89. The van der Waals surface area contributed by atoms with Gasteiger partial charge in [-0.05, 0) is 24.6 Å². The number of ether oxygens (including phenoxy) is 2. The number of benzene rings is 1. The molecule has 2 aromatic rings. The maximum atomic E-state index is 12.6. The van der Waals surface area contributed by atoms with Gasteiger partial charge in [0.25, 0.3) is 0 Å². The summed E-state index contributed by atoms with van der Waals surface area (Å²) in [6, 6.07) is 5.46. The Morgan fingerprint density at radius 3 is 2.85 bits per heavy atom. The summed E-state index contributed by atoms with van der Waals surface area (Å²) in [6.07, 6.45) is 0.199. The number of carboxylic acids is 1. The Morgan fingerprint density at radius 2 is 2.12 bits per heavy atom. The van der Waals surface area contributed by atoms with E-state index in [2.05, 4.69) is 4.98 Å². The van der Waals surface area contributed by atoms with Crippen molar-refractivity contribution >= 4 is 23.2 Å². The number of aromatic nitrogens is 1. The summed E-state index contributed by atoms with van der Waals surface area (Å²) in [5.41, 5.74) is 1.58. The number of fused-ring (bicyclic) bond motifs is 1. The van der Waals surface area contributed by atoms with E-state index in [0.29, 0.717) is 18.0 Å². The molecule has 3 heterocycles. The molecule has 2 atom stereocenters. The molecular weight excluding hydrogens is 356 g/mol. The summed E-state index contributed by atoms with van der Waals surface area (Å²) in [6.45, 7) is 2.64. The van der Waals surface area contributed by atoms with E-state index in [1.807, 2.05) is 24.4 Å². The Labute approximate surface area is 154 Å². The van der Waals surface area contributed by atoms with E-state index in [9.17, 15) is 14.7 Å². The van der Waals surface area contributed by atoms with Crippen LogP contribution in [0.1, 0.15) is 22.2 Å². The fourth-order valence-corrected chi connectivity index (χ4v) is 4.11. The third kappa shape index (κ3) is 3.12. The molecule has 2 unspecified atom stereocenters. The number of thiazole rings is 1. The first kappa shape index (κ1) is 16.8. The molecule has 1 saturated heterocycles. The Bertz CT molecular complexity index is 865. The monoisotopic (exact) mass is 374 g/mol. The standard InChI is InChI=1S/C18H18N2O5S/c1-10-19-12(8-26-10)5-17(21)20-6-13(14(7-20)18(22)23)11-2-3-15-16(4-11)25-9-24-15/h2-4,8,13-14H,5-7,9H2,1H3,(H,22,23). The molecule has 136 valence electrons. The summed E-state index contributed by atoms with van der Waals surface area (Å²) < 4.78 is 10.7. The first-order valence-electron chi connectivity index (χ1n) is 8.32. The lowest BCUT2D eigenvalue weighted by molar-refractivity contribution is -0.141. The molecule has 1 amide bonds. The van der Waals surface area contributed by atoms with Gasteiger partial charge in [-0.3, -0.25) is 9.59 Å². The van der Waals surface area contributed by atoms with Crippen molar-refractivity contribution in [3.05, 3.63) is 39.8 Å². The molecule has 0 bridgehead atoms. The van der Waals surface area contributed by atoms with Crippen molar-refractivity contribution in [2.45, 2.75) is 19.3 Å². The van der Waals surface area contributed by atoms with Crippen LogP contribution >= 0.6 is 11.3 Å². The molecule has 0 aliphatic carbocycles. The van der Waals surface area contributed by atoms with E-state index in [-0.39, 0.29) is 31.6 Å². The van der Waals surface area contributed by atoms with Gasteiger partial charge in [0.1, 0.15) is 0 Å². The Hall–Kier alpha value is -2.61. The largest absolute Gasteiger partial charge is 0.481 e. The van der Waals surface area contributed by atoms with Gasteiger partial charge in [-0.15, -0.1) is 11.3 Å². The fourth-order valence-electron chi connectivity index (χ4n) is 3.50. The Balaban J connectivity index is 1.53. The number of carboxylic acid groups (broad SMARTS) is 1. The van der Waals surface area contributed by atoms with Crippen molar-refractivity contribution < 1.29 is 24.2 Å². The number of aryl methyl sites for hydroxylation is 1. The second-order valence-electron chi connectivity index (χ2n) is 6.50. The van der Waals surface area contributed by atoms with Crippen molar-refractivity contribution in [2.75, 3.05) is 19.9 Å². The number of carbonyl (C=O) groups excluding carboxylic acids is 1. The molecule has 0 spiro atoms. The van der Waals surface area contributed by atoms with Crippen molar-refractivity contribution in [3.8, 4) is 11.5 Å². The summed E-state index contributed by atoms with van der Waals surface area (Å²) in [5.74, 6) is -0.628. The molecule has 0 radical (unpaired) electrons. The number of nitrogens with zero attached hydrogens (tertiary/aromatic N) is 2. The highest BCUT2D eigenvalue weighted by Crippen LogP contribution is 2.39. The van der Waals surface area contributed by atoms with Gasteiger partial charge < -0.3 is 19.5 Å². The highest BCUT2D eigenvalue weighted by molar-refractivity contribution is 7.09. The van der Waals surface area contributed by atoms with Gasteiger partial charge in [0, 0.05) is 24.4 Å². The summed E-state index contributed by atoms with van der Waals surface area (Å²) in [4.78, 5) is 30.3. The minimum Gasteiger partial charge on any atom is -0.481 e. The zero-order valence-electron chi connectivity index (χ0n) is 14.2. The smallest absolute Gasteiger partial charge is 0.308 e. The van der Waals surface area contributed by atoms with Gasteiger partial charge in [0.2, 0.25) is 12.7 Å². The molecule has 1 N–H and O–H groups in total. The van der Waals surface area contributed by atoms with Gasteiger partial charge in [0.15, 0.2) is 11.5 Å². The van der Waals surface area contributed by atoms with Crippen molar-refractivity contribution in [1.29, 1.82) is 0 Å². The number of hydrogen-bond donors (Lipinski definition) is 1. The summed E-state index contributed by atoms with van der Waals surface area (Å²) >= 11 is 1.50. The van der Waals surface area contributed by atoms with Crippen molar-refractivity contribution in [3.63, 3.8) is 0 Å². The molecule has 2 aliphatic heterocycles. The number of hydrogen-bond acceptors (Lipinski definition) is 6. The van der Waals surface area contributed by atoms with Crippen LogP contribution in [0.15, 0.2) is 23.6 Å². The number of likely N-dealkylation sites (tertiary alicyclic amines) is 1. The number of aliphatic carboxylic acids is 1. The topological polar surface area (TPSA) is 89.0 Å². The van der Waals surface area contributed by atoms with Crippen LogP contribution in [0.5, 0.6) is 11.5 Å². The third-order valence-corrected chi connectivity index (χ3v) is 5.64. The van der Waals surface area contributed by atoms with Gasteiger partial charge in [-0.1, -0.05) is 6.07 Å². The lowest BCUT2D eigenvalue weighted by Crippen LogP contribution is -2.31. The average molecular weight is 374 g/mol. The molecule has 1 aromatic carbocycles. The van der Waals surface area contributed by atoms with E-state index >= 15 is 0 Å². The first-order chi connectivity index (χ1) is 12.5. The molecular formula is C18H18N2O5S. The summed E-state index contributed by atoms with van der Waals surface area (Å²) in [7, 11) is 0. The predicted molar refractivity (Wildman–Crippen MR) is 93.6 cm³/mol. The fraction of sp³-hybridized carbons (Fsp3) is 0.389. The maximum Gasteiger partial charge on any atom is 0.308 e. The first-order valence-corrected chi connectivity index (χ1v) is 9.20. The van der Waals surface area contributed by atoms with Crippen LogP contribution in [0.3, 0.4) is 0 Å². The molecule has 1 aromatic heterocycles. The van der Waals surface area contributed by atoms with Gasteiger partial charge >= 0.3 is 5.97 Å². The lowest BCUT2D eigenvalue weighted by Gasteiger charge is -2.16. The third-order valence-electron chi connectivity index (χ3n) is 4.81. The quantitative estimate of drug-likeness (QED) is 0.881. The van der Waals surface area contributed by atoms with Crippen LogP contribution in [-0.4, -0.2) is 46.7 Å². The van der Waals surface area contributed by atoms with E-state index in [4.69, 9.17) is 9.47 Å². The van der Waals surface area contributed by atoms with Crippen LogP contribution in [0.25, 0.3) is 0 Å².